The van der Waals surface area contributed by atoms with Crippen LogP contribution in [0.1, 0.15) is 37.7 Å². The Morgan fingerprint density at radius 1 is 1.27 bits per heavy atom. The van der Waals surface area contributed by atoms with Gasteiger partial charge in [-0.1, -0.05) is 31.0 Å². The lowest BCUT2D eigenvalue weighted by Crippen LogP contribution is -2.43. The van der Waals surface area contributed by atoms with Gasteiger partial charge in [0.1, 0.15) is 5.82 Å². The molecule has 22 heavy (non-hydrogen) atoms. The van der Waals surface area contributed by atoms with Crippen molar-refractivity contribution < 1.29 is 9.18 Å². The summed E-state index contributed by atoms with van der Waals surface area (Å²) in [5.41, 5.74) is 0.658. The van der Waals surface area contributed by atoms with E-state index in [0.717, 1.165) is 6.42 Å². The number of carbonyl (C=O) groups excluding carboxylic acids is 1. The van der Waals surface area contributed by atoms with E-state index in [2.05, 4.69) is 10.6 Å². The molecule has 0 spiro atoms. The van der Waals surface area contributed by atoms with Crippen LogP contribution >= 0.6 is 12.4 Å². The average Bonchev–Trinajstić information content (AvgIpc) is 2.93. The van der Waals surface area contributed by atoms with Crippen LogP contribution < -0.4 is 10.6 Å². The molecule has 1 amide bonds. The number of carbonyl (C=O) groups is 1. The molecule has 1 saturated carbocycles. The van der Waals surface area contributed by atoms with Crippen LogP contribution in [0.15, 0.2) is 24.3 Å². The van der Waals surface area contributed by atoms with E-state index in [1.807, 2.05) is 6.07 Å². The highest BCUT2D eigenvalue weighted by Gasteiger charge is 2.37. The third kappa shape index (κ3) is 3.99. The van der Waals surface area contributed by atoms with Gasteiger partial charge in [-0.15, -0.1) is 12.4 Å². The zero-order chi connectivity index (χ0) is 14.7. The van der Waals surface area contributed by atoms with Crippen molar-refractivity contribution in [3.05, 3.63) is 35.6 Å². The van der Waals surface area contributed by atoms with Gasteiger partial charge < -0.3 is 10.6 Å². The lowest BCUT2D eigenvalue weighted by molar-refractivity contribution is -0.122. The van der Waals surface area contributed by atoms with Gasteiger partial charge >= 0.3 is 0 Å². The van der Waals surface area contributed by atoms with Crippen molar-refractivity contribution in [3.63, 3.8) is 0 Å². The third-order valence-corrected chi connectivity index (χ3v) is 4.83. The van der Waals surface area contributed by atoms with E-state index in [1.165, 1.54) is 31.7 Å². The number of amides is 1. The fourth-order valence-corrected chi connectivity index (χ4v) is 3.67. The van der Waals surface area contributed by atoms with Crippen molar-refractivity contribution in [1.29, 1.82) is 0 Å². The van der Waals surface area contributed by atoms with Crippen molar-refractivity contribution in [2.75, 3.05) is 6.54 Å². The molecule has 1 saturated heterocycles. The third-order valence-electron chi connectivity index (χ3n) is 4.83. The van der Waals surface area contributed by atoms with Crippen LogP contribution in [0.2, 0.25) is 0 Å². The second kappa shape index (κ2) is 7.93. The Hall–Kier alpha value is -1.13. The summed E-state index contributed by atoms with van der Waals surface area (Å²) in [5, 5.41) is 6.41. The molecule has 1 aliphatic carbocycles. The van der Waals surface area contributed by atoms with E-state index in [-0.39, 0.29) is 30.2 Å². The first-order chi connectivity index (χ1) is 10.2. The number of nitrogens with one attached hydrogen (secondary N) is 2. The molecule has 1 aromatic carbocycles. The topological polar surface area (TPSA) is 41.1 Å². The van der Waals surface area contributed by atoms with Gasteiger partial charge in [0.25, 0.3) is 0 Å². The Labute approximate surface area is 137 Å². The first-order valence-electron chi connectivity index (χ1n) is 8.01. The van der Waals surface area contributed by atoms with E-state index < -0.39 is 0 Å². The van der Waals surface area contributed by atoms with Gasteiger partial charge in [0, 0.05) is 12.6 Å². The van der Waals surface area contributed by atoms with Gasteiger partial charge in [0.2, 0.25) is 5.91 Å². The Bertz CT molecular complexity index is 497. The van der Waals surface area contributed by atoms with Crippen LogP contribution in [0.5, 0.6) is 0 Å². The quantitative estimate of drug-likeness (QED) is 0.893. The molecule has 0 bridgehead atoms. The van der Waals surface area contributed by atoms with Gasteiger partial charge in [-0.3, -0.25) is 4.79 Å². The molecule has 1 aliphatic heterocycles. The minimum absolute atomic E-state index is 0. The maximum atomic E-state index is 13.5. The zero-order valence-corrected chi connectivity index (χ0v) is 13.5. The number of fused-ring (bicyclic) bond motifs is 1. The Morgan fingerprint density at radius 3 is 2.82 bits per heavy atom. The van der Waals surface area contributed by atoms with Gasteiger partial charge in [-0.25, -0.2) is 4.39 Å². The standard InChI is InChI=1S/C17H23FN2O.ClH/c18-14-7-3-1-5-12(14)9-10-19-17(21)16-11-13-6-2-4-8-15(13)20-16;/h1,3,5,7,13,15-16,20H,2,4,6,8-11H2,(H,19,21);1H. The van der Waals surface area contributed by atoms with E-state index in [1.54, 1.807) is 12.1 Å². The molecule has 2 fully saturated rings. The van der Waals surface area contributed by atoms with E-state index >= 15 is 0 Å². The molecule has 3 nitrogen and oxygen atoms in total. The fourth-order valence-electron chi connectivity index (χ4n) is 3.67. The van der Waals surface area contributed by atoms with Gasteiger partial charge in [-0.05, 0) is 43.2 Å². The lowest BCUT2D eigenvalue weighted by Gasteiger charge is -2.24. The van der Waals surface area contributed by atoms with E-state index in [9.17, 15) is 9.18 Å². The van der Waals surface area contributed by atoms with Crippen LogP contribution in [0.4, 0.5) is 4.39 Å². The summed E-state index contributed by atoms with van der Waals surface area (Å²) in [7, 11) is 0. The van der Waals surface area contributed by atoms with Crippen molar-refractivity contribution in [3.8, 4) is 0 Å². The van der Waals surface area contributed by atoms with Crippen LogP contribution in [-0.4, -0.2) is 24.5 Å². The van der Waals surface area contributed by atoms with Crippen LogP contribution in [-0.2, 0) is 11.2 Å². The van der Waals surface area contributed by atoms with Crippen molar-refractivity contribution in [2.45, 2.75) is 50.6 Å². The first kappa shape index (κ1) is 17.2. The molecule has 2 N–H and O–H groups in total. The summed E-state index contributed by atoms with van der Waals surface area (Å²) in [6, 6.07) is 7.20. The molecule has 5 heteroatoms. The molecule has 1 heterocycles. The summed E-state index contributed by atoms with van der Waals surface area (Å²) in [4.78, 5) is 12.2. The normalized spacial score (nSPS) is 26.9. The molecule has 3 rings (SSSR count). The first-order valence-corrected chi connectivity index (χ1v) is 8.01. The highest BCUT2D eigenvalue weighted by atomic mass is 35.5. The highest BCUT2D eigenvalue weighted by Crippen LogP contribution is 2.33. The molecule has 3 atom stereocenters. The Kier molecular flexibility index (Phi) is 6.21. The maximum absolute atomic E-state index is 13.5. The van der Waals surface area contributed by atoms with Gasteiger partial charge in [-0.2, -0.15) is 0 Å². The van der Waals surface area contributed by atoms with E-state index in [4.69, 9.17) is 0 Å². The zero-order valence-electron chi connectivity index (χ0n) is 12.7. The number of benzene rings is 1. The molecular formula is C17H24ClFN2O. The molecule has 1 aromatic rings. The predicted octanol–water partition coefficient (Wildman–Crippen LogP) is 2.83. The molecule has 0 radical (unpaired) electrons. The highest BCUT2D eigenvalue weighted by molar-refractivity contribution is 5.85. The number of hydrogen-bond donors (Lipinski definition) is 2. The Morgan fingerprint density at radius 2 is 2.05 bits per heavy atom. The summed E-state index contributed by atoms with van der Waals surface area (Å²) in [6.45, 7) is 0.493. The van der Waals surface area contributed by atoms with Crippen LogP contribution in [0.3, 0.4) is 0 Å². The van der Waals surface area contributed by atoms with Crippen LogP contribution in [0, 0.1) is 11.7 Å². The molecular weight excluding hydrogens is 303 g/mol. The summed E-state index contributed by atoms with van der Waals surface area (Å²) in [5.74, 6) is 0.540. The predicted molar refractivity (Wildman–Crippen MR) is 87.6 cm³/mol. The number of hydrogen-bond acceptors (Lipinski definition) is 2. The van der Waals surface area contributed by atoms with Crippen molar-refractivity contribution in [2.24, 2.45) is 5.92 Å². The molecule has 0 aromatic heterocycles. The fraction of sp³-hybridized carbons (Fsp3) is 0.588. The largest absolute Gasteiger partial charge is 0.354 e. The second-order valence-corrected chi connectivity index (χ2v) is 6.24. The maximum Gasteiger partial charge on any atom is 0.237 e. The van der Waals surface area contributed by atoms with Crippen LogP contribution in [0.25, 0.3) is 0 Å². The number of rotatable bonds is 4. The van der Waals surface area contributed by atoms with Crippen molar-refractivity contribution in [1.82, 2.24) is 10.6 Å². The molecule has 2 aliphatic rings. The minimum atomic E-state index is -0.197. The second-order valence-electron chi connectivity index (χ2n) is 6.24. The number of halogens is 2. The molecule has 122 valence electrons. The monoisotopic (exact) mass is 326 g/mol. The van der Waals surface area contributed by atoms with Crippen molar-refractivity contribution >= 4 is 18.3 Å². The average molecular weight is 327 g/mol. The van der Waals surface area contributed by atoms with Gasteiger partial charge in [0.05, 0.1) is 6.04 Å². The smallest absolute Gasteiger partial charge is 0.237 e. The minimum Gasteiger partial charge on any atom is -0.354 e. The summed E-state index contributed by atoms with van der Waals surface area (Å²) in [6.07, 6.45) is 6.51. The van der Waals surface area contributed by atoms with Gasteiger partial charge in [0.15, 0.2) is 0 Å². The molecule has 3 unspecified atom stereocenters. The van der Waals surface area contributed by atoms with E-state index in [0.29, 0.717) is 30.5 Å². The SMILES string of the molecule is Cl.O=C(NCCc1ccccc1F)C1CC2CCCCC2N1. The lowest BCUT2D eigenvalue weighted by atomic mass is 9.85. The summed E-state index contributed by atoms with van der Waals surface area (Å²) < 4.78 is 13.5. The Balaban J connectivity index is 0.00000176. The summed E-state index contributed by atoms with van der Waals surface area (Å²) >= 11 is 0.